The maximum absolute atomic E-state index is 10.5. The third-order valence-corrected chi connectivity index (χ3v) is 2.53. The van der Waals surface area contributed by atoms with E-state index in [2.05, 4.69) is 11.0 Å². The minimum Gasteiger partial charge on any atom is -0.307 e. The fourth-order valence-electron chi connectivity index (χ4n) is 1.61. The lowest BCUT2D eigenvalue weighted by Crippen LogP contribution is -2.37. The predicted octanol–water partition coefficient (Wildman–Crippen LogP) is 1.32. The van der Waals surface area contributed by atoms with Crippen molar-refractivity contribution in [3.05, 3.63) is 51.8 Å². The molecule has 17 heavy (non-hydrogen) atoms. The quantitative estimate of drug-likeness (QED) is 0.607. The Kier molecular flexibility index (Phi) is 3.24. The van der Waals surface area contributed by atoms with Crippen LogP contribution < -0.4 is 11.0 Å². The zero-order valence-corrected chi connectivity index (χ0v) is 9.51. The Bertz CT molecular complexity index is 441. The number of non-ortho nitro benzene ring substituents is 1. The van der Waals surface area contributed by atoms with Crippen molar-refractivity contribution in [3.63, 3.8) is 0 Å². The van der Waals surface area contributed by atoms with Gasteiger partial charge in [-0.3, -0.25) is 15.1 Å². The van der Waals surface area contributed by atoms with Crippen LogP contribution in [-0.4, -0.2) is 16.5 Å². The van der Waals surface area contributed by atoms with Crippen molar-refractivity contribution in [2.45, 2.75) is 13.3 Å². The third kappa shape index (κ3) is 2.94. The molecule has 1 aromatic rings. The number of rotatable bonds is 4. The summed E-state index contributed by atoms with van der Waals surface area (Å²) in [6, 6.07) is 6.65. The molecule has 0 aliphatic carbocycles. The lowest BCUT2D eigenvalue weighted by atomic mass is 10.1. The van der Waals surface area contributed by atoms with Gasteiger partial charge in [-0.25, -0.2) is 0 Å². The van der Waals surface area contributed by atoms with Crippen molar-refractivity contribution in [1.29, 1.82) is 0 Å². The monoisotopic (exact) mass is 234 g/mol. The van der Waals surface area contributed by atoms with E-state index in [4.69, 9.17) is 0 Å². The molecule has 0 unspecified atom stereocenters. The Morgan fingerprint density at radius 3 is 2.59 bits per heavy atom. The topological polar surface area (TPSA) is 70.4 Å². The fraction of sp³-hybridized carbons (Fsp3) is 0.273. The van der Waals surface area contributed by atoms with Crippen LogP contribution in [0, 0.1) is 10.1 Å². The van der Waals surface area contributed by atoms with Crippen LogP contribution in [-0.2, 0) is 6.42 Å². The number of nitro groups is 1. The highest BCUT2D eigenvalue weighted by Gasteiger charge is 2.08. The molecule has 2 N–H and O–H groups in total. The number of hydrogen-bond donors (Lipinski definition) is 2. The molecule has 1 heterocycles. The van der Waals surface area contributed by atoms with Gasteiger partial charge in [-0.2, -0.15) is 0 Å². The highest BCUT2D eigenvalue weighted by molar-refractivity contribution is 5.32. The fourth-order valence-corrected chi connectivity index (χ4v) is 1.61. The van der Waals surface area contributed by atoms with E-state index in [0.717, 1.165) is 24.2 Å². The zero-order chi connectivity index (χ0) is 12.3. The minimum atomic E-state index is -0.387. The normalized spacial score (nSPS) is 14.4. The number of nitrogens with zero attached hydrogens (tertiary/aromatic N) is 2. The summed E-state index contributed by atoms with van der Waals surface area (Å²) in [7, 11) is 0. The molecule has 0 spiro atoms. The average molecular weight is 234 g/mol. The highest BCUT2D eigenvalue weighted by atomic mass is 16.6. The van der Waals surface area contributed by atoms with Gasteiger partial charge in [0.05, 0.1) is 4.92 Å². The molecule has 0 atom stereocenters. The molecule has 0 amide bonds. The molecule has 0 saturated carbocycles. The molecule has 1 aromatic carbocycles. The van der Waals surface area contributed by atoms with Crippen LogP contribution in [0.4, 0.5) is 5.69 Å². The summed E-state index contributed by atoms with van der Waals surface area (Å²) in [6.45, 7) is 2.78. The molecule has 1 aliphatic heterocycles. The number of benzene rings is 1. The molecular formula is C11H14N4O2. The highest BCUT2D eigenvalue weighted by Crippen LogP contribution is 2.12. The van der Waals surface area contributed by atoms with E-state index in [9.17, 15) is 10.1 Å². The number of hydrogen-bond acceptors (Lipinski definition) is 5. The minimum absolute atomic E-state index is 0.130. The van der Waals surface area contributed by atoms with E-state index in [-0.39, 0.29) is 10.6 Å². The van der Waals surface area contributed by atoms with Gasteiger partial charge < -0.3 is 5.43 Å². The first-order chi connectivity index (χ1) is 8.15. The van der Waals surface area contributed by atoms with Crippen molar-refractivity contribution in [2.24, 2.45) is 0 Å². The molecule has 0 fully saturated rings. The summed E-state index contributed by atoms with van der Waals surface area (Å²) in [6.07, 6.45) is 2.81. The van der Waals surface area contributed by atoms with E-state index in [0.29, 0.717) is 0 Å². The van der Waals surface area contributed by atoms with Crippen molar-refractivity contribution in [2.75, 3.05) is 6.54 Å². The molecule has 0 aromatic heterocycles. The van der Waals surface area contributed by atoms with Gasteiger partial charge in [0, 0.05) is 30.6 Å². The van der Waals surface area contributed by atoms with Crippen molar-refractivity contribution < 1.29 is 4.92 Å². The molecule has 0 bridgehead atoms. The average Bonchev–Trinajstić information content (AvgIpc) is 2.73. The second kappa shape index (κ2) is 4.84. The van der Waals surface area contributed by atoms with E-state index < -0.39 is 0 Å². The van der Waals surface area contributed by atoms with Gasteiger partial charge in [0.1, 0.15) is 0 Å². The number of nitro benzene ring substituents is 1. The van der Waals surface area contributed by atoms with Crippen LogP contribution in [0.25, 0.3) is 0 Å². The van der Waals surface area contributed by atoms with Crippen LogP contribution in [0.3, 0.4) is 0 Å². The molecule has 6 heteroatoms. The summed E-state index contributed by atoms with van der Waals surface area (Å²) in [4.78, 5) is 10.1. The predicted molar refractivity (Wildman–Crippen MR) is 63.5 cm³/mol. The second-order valence-corrected chi connectivity index (χ2v) is 3.92. The van der Waals surface area contributed by atoms with Crippen molar-refractivity contribution in [1.82, 2.24) is 16.0 Å². The van der Waals surface area contributed by atoms with Gasteiger partial charge in [-0.15, -0.1) is 5.53 Å². The van der Waals surface area contributed by atoms with Gasteiger partial charge in [0.15, 0.2) is 0 Å². The molecule has 1 aliphatic rings. The maximum Gasteiger partial charge on any atom is 0.269 e. The SMILES string of the molecule is CC1=CN(CCc2ccc([N+](=O)[O-])cc2)NN1. The first kappa shape index (κ1) is 11.4. The Labute approximate surface area is 99.0 Å². The Hall–Kier alpha value is -2.08. The molecule has 2 rings (SSSR count). The van der Waals surface area contributed by atoms with Gasteiger partial charge in [-0.05, 0) is 18.9 Å². The number of allylic oxidation sites excluding steroid dienone is 1. The third-order valence-electron chi connectivity index (χ3n) is 2.53. The van der Waals surface area contributed by atoms with Crippen LogP contribution in [0.15, 0.2) is 36.2 Å². The Morgan fingerprint density at radius 2 is 2.06 bits per heavy atom. The van der Waals surface area contributed by atoms with Crippen LogP contribution in [0.5, 0.6) is 0 Å². The van der Waals surface area contributed by atoms with E-state index in [1.165, 1.54) is 12.1 Å². The van der Waals surface area contributed by atoms with Gasteiger partial charge in [0.25, 0.3) is 5.69 Å². The van der Waals surface area contributed by atoms with Gasteiger partial charge in [0.2, 0.25) is 0 Å². The van der Waals surface area contributed by atoms with E-state index in [1.807, 2.05) is 18.1 Å². The van der Waals surface area contributed by atoms with E-state index in [1.54, 1.807) is 12.1 Å². The summed E-state index contributed by atoms with van der Waals surface area (Å²) in [5.41, 5.74) is 8.24. The lowest BCUT2D eigenvalue weighted by molar-refractivity contribution is -0.384. The van der Waals surface area contributed by atoms with Crippen LogP contribution in [0.2, 0.25) is 0 Å². The summed E-state index contributed by atoms with van der Waals surface area (Å²) in [5, 5.41) is 12.4. The maximum atomic E-state index is 10.5. The first-order valence-corrected chi connectivity index (χ1v) is 5.35. The standard InChI is InChI=1S/C11H14N4O2/c1-9-8-14(13-12-9)7-6-10-2-4-11(5-3-10)15(16)17/h2-5,8,12-13H,6-7H2,1H3. The van der Waals surface area contributed by atoms with Crippen molar-refractivity contribution >= 4 is 5.69 Å². The molecule has 0 radical (unpaired) electrons. The Morgan fingerprint density at radius 1 is 1.35 bits per heavy atom. The first-order valence-electron chi connectivity index (χ1n) is 5.35. The summed E-state index contributed by atoms with van der Waals surface area (Å²) >= 11 is 0. The van der Waals surface area contributed by atoms with Crippen molar-refractivity contribution in [3.8, 4) is 0 Å². The number of hydrazine groups is 2. The summed E-state index contributed by atoms with van der Waals surface area (Å²) in [5.74, 6) is 0. The molecular weight excluding hydrogens is 220 g/mol. The smallest absolute Gasteiger partial charge is 0.269 e. The van der Waals surface area contributed by atoms with Gasteiger partial charge in [-0.1, -0.05) is 12.1 Å². The van der Waals surface area contributed by atoms with Crippen LogP contribution in [0.1, 0.15) is 12.5 Å². The largest absolute Gasteiger partial charge is 0.307 e. The zero-order valence-electron chi connectivity index (χ0n) is 9.51. The summed E-state index contributed by atoms with van der Waals surface area (Å²) < 4.78 is 0. The molecule has 6 nitrogen and oxygen atoms in total. The second-order valence-electron chi connectivity index (χ2n) is 3.92. The molecule has 90 valence electrons. The van der Waals surface area contributed by atoms with Gasteiger partial charge >= 0.3 is 0 Å². The Balaban J connectivity index is 1.89. The molecule has 0 saturated heterocycles. The lowest BCUT2D eigenvalue weighted by Gasteiger charge is -2.14. The number of nitrogens with one attached hydrogen (secondary N) is 2. The van der Waals surface area contributed by atoms with Crippen LogP contribution >= 0.6 is 0 Å². The van der Waals surface area contributed by atoms with E-state index >= 15 is 0 Å².